The molecule has 6 aliphatic heterocycles. The number of rotatable bonds is 30. The fourth-order valence-electron chi connectivity index (χ4n) is 11.8. The third-order valence-corrected chi connectivity index (χ3v) is 16.8. The van der Waals surface area contributed by atoms with Crippen LogP contribution in [0.15, 0.2) is 0 Å². The number of ether oxygens (including phenoxy) is 12. The van der Waals surface area contributed by atoms with Gasteiger partial charge in [0.25, 0.3) is 5.79 Å². The summed E-state index contributed by atoms with van der Waals surface area (Å²) < 4.78 is 68.9. The zero-order valence-corrected chi connectivity index (χ0v) is 51.8. The van der Waals surface area contributed by atoms with E-state index >= 15 is 0 Å². The Morgan fingerprint density at radius 1 is 0.469 bits per heavy atom. The van der Waals surface area contributed by atoms with Gasteiger partial charge in [-0.05, 0) is 0 Å². The van der Waals surface area contributed by atoms with Crippen molar-refractivity contribution in [3.63, 3.8) is 0 Å². The Morgan fingerprint density at radius 2 is 0.927 bits per heavy atom. The molecular weight excluding hydrogens is 1320 g/mol. The molecule has 26 N–H and O–H groups in total. The monoisotopic (exact) mass is 1410 g/mol. The summed E-state index contributed by atoms with van der Waals surface area (Å²) >= 11 is 0. The summed E-state index contributed by atoms with van der Waals surface area (Å²) in [5.74, 6) is -8.91. The van der Waals surface area contributed by atoms with Gasteiger partial charge in [0.2, 0.25) is 23.6 Å². The first kappa shape index (κ1) is 81.0. The van der Waals surface area contributed by atoms with Crippen LogP contribution < -0.4 is 21.3 Å². The van der Waals surface area contributed by atoms with Gasteiger partial charge in [-0.3, -0.25) is 19.2 Å². The number of aliphatic carboxylic acids is 1. The number of carboxylic acid groups (broad SMARTS) is 1. The van der Waals surface area contributed by atoms with Gasteiger partial charge in [-0.25, -0.2) is 4.79 Å². The smallest absolute Gasteiger partial charge is 0.364 e. The molecule has 0 bridgehead atoms. The lowest BCUT2D eigenvalue weighted by Gasteiger charge is -2.51. The van der Waals surface area contributed by atoms with Crippen molar-refractivity contribution in [1.82, 2.24) is 21.3 Å². The molecule has 6 saturated heterocycles. The van der Waals surface area contributed by atoms with E-state index in [-0.39, 0.29) is 0 Å². The van der Waals surface area contributed by atoms with Crippen LogP contribution in [0.4, 0.5) is 0 Å². The van der Waals surface area contributed by atoms with E-state index in [1.807, 2.05) is 0 Å². The Hall–Kier alpha value is -3.97. The molecule has 6 rings (SSSR count). The fraction of sp³-hybridized carbons (Fsp3) is 0.906. The lowest BCUT2D eigenvalue weighted by Crippen LogP contribution is -2.71. The number of carboxylic acids is 1. The first-order valence-electron chi connectivity index (χ1n) is 30.2. The van der Waals surface area contributed by atoms with Crippen LogP contribution in [-0.4, -0.2) is 409 Å². The lowest BCUT2D eigenvalue weighted by atomic mass is 9.88. The molecule has 6 aliphatic rings. The molecule has 96 heavy (non-hydrogen) atoms. The van der Waals surface area contributed by atoms with Crippen molar-refractivity contribution in [2.75, 3.05) is 52.9 Å². The third-order valence-electron chi connectivity index (χ3n) is 16.8. The second-order valence-electron chi connectivity index (χ2n) is 23.7. The van der Waals surface area contributed by atoms with Gasteiger partial charge in [0, 0.05) is 34.1 Å². The van der Waals surface area contributed by atoms with E-state index in [0.29, 0.717) is 0 Å². The standard InChI is InChI=1S/C53H90N4O39/c1-14(65)54-18(6-58)41(91-50-39(81)45(34(76)24(10-62)88-50)94-48-29(57-17(4)68)43(33(75)23(9-61)86-48)93-49-38(80)37(79)32(74)22(8-60)87-49)31(73)21(71)13-85-47-28(56-16(3)67)36(78)42(26(12-64)90-47)92-51-40(82)46(35(77)25(11-63)89-51)96-53(52(83)84)5-19(69)27(55-15(2)66)44(95-53)30(72)20(70)7-59/h18-51,58-64,69-82H,5-13H2,1-4H3,(H,54,65)(H,55,66)(H,56,67)(H,57,68)(H,83,84)/t18-,19-,20+,21+,22+,23+,24+,25+,26+,27+,28+,29+,30+,31-,32-,33+,34-,35-,36+,37-,38+,39+,40+,41+,42+,43+,44+,45-,46-,47+,48-,49-,50-,51-,53-/m0/s1. The molecule has 0 aromatic rings. The average molecular weight is 1410 g/mol. The number of hydrogen-bond donors (Lipinski definition) is 26. The zero-order chi connectivity index (χ0) is 71.7. The Balaban J connectivity index is 1.22. The first-order valence-corrected chi connectivity index (χ1v) is 30.2. The molecule has 0 aliphatic carbocycles. The molecule has 0 aromatic heterocycles. The Bertz CT molecular complexity index is 2490. The molecular formula is C53H90N4O39. The Labute approximate surface area is 544 Å². The summed E-state index contributed by atoms with van der Waals surface area (Å²) in [6.07, 6.45) is -63.9. The maximum absolute atomic E-state index is 13.1. The lowest BCUT2D eigenvalue weighted by molar-refractivity contribution is -0.383. The second-order valence-corrected chi connectivity index (χ2v) is 23.7. The molecule has 6 fully saturated rings. The molecule has 43 heteroatoms. The van der Waals surface area contributed by atoms with E-state index in [1.165, 1.54) is 0 Å². The normalized spacial score (nSPS) is 42.6. The quantitative estimate of drug-likeness (QED) is 0.0318. The molecule has 6 heterocycles. The highest BCUT2D eigenvalue weighted by atomic mass is 16.8. The van der Waals surface area contributed by atoms with E-state index in [0.717, 1.165) is 27.7 Å². The minimum atomic E-state index is -3.23. The van der Waals surface area contributed by atoms with Crippen molar-refractivity contribution in [2.45, 2.75) is 248 Å². The van der Waals surface area contributed by atoms with Crippen LogP contribution in [0.3, 0.4) is 0 Å². The highest BCUT2D eigenvalue weighted by Crippen LogP contribution is 2.40. The molecule has 43 nitrogen and oxygen atoms in total. The number of amides is 4. The second kappa shape index (κ2) is 35.6. The fourth-order valence-corrected chi connectivity index (χ4v) is 11.8. The number of hydrogen-bond acceptors (Lipinski definition) is 38. The number of aliphatic hydroxyl groups excluding tert-OH is 21. The van der Waals surface area contributed by atoms with Crippen LogP contribution in [0, 0.1) is 0 Å². The van der Waals surface area contributed by atoms with Crippen molar-refractivity contribution in [3.05, 3.63) is 0 Å². The summed E-state index contributed by atoms with van der Waals surface area (Å²) in [5.41, 5.74) is 0. The highest BCUT2D eigenvalue weighted by molar-refractivity contribution is 5.77. The van der Waals surface area contributed by atoms with Crippen LogP contribution in [0.5, 0.6) is 0 Å². The number of aliphatic hydroxyl groups is 21. The van der Waals surface area contributed by atoms with Crippen LogP contribution in [0.1, 0.15) is 34.1 Å². The van der Waals surface area contributed by atoms with Crippen molar-refractivity contribution in [2.24, 2.45) is 0 Å². The van der Waals surface area contributed by atoms with Gasteiger partial charge in [-0.2, -0.15) is 0 Å². The zero-order valence-electron chi connectivity index (χ0n) is 51.8. The summed E-state index contributed by atoms with van der Waals surface area (Å²) in [5, 5.41) is 248. The minimum absolute atomic E-state index is 0.844. The van der Waals surface area contributed by atoms with E-state index < -0.39 is 303 Å². The van der Waals surface area contributed by atoms with Gasteiger partial charge < -0.3 is 190 Å². The van der Waals surface area contributed by atoms with Crippen LogP contribution >= 0.6 is 0 Å². The van der Waals surface area contributed by atoms with E-state index in [1.54, 1.807) is 0 Å². The first-order chi connectivity index (χ1) is 45.2. The average Bonchev–Trinajstić information content (AvgIpc) is 0.756. The Morgan fingerprint density at radius 3 is 1.45 bits per heavy atom. The van der Waals surface area contributed by atoms with Gasteiger partial charge >= 0.3 is 5.97 Å². The van der Waals surface area contributed by atoms with Crippen molar-refractivity contribution in [3.8, 4) is 0 Å². The van der Waals surface area contributed by atoms with Crippen LogP contribution in [0.25, 0.3) is 0 Å². The maximum Gasteiger partial charge on any atom is 0.364 e. The van der Waals surface area contributed by atoms with Gasteiger partial charge in [-0.15, -0.1) is 0 Å². The van der Waals surface area contributed by atoms with Crippen LogP contribution in [-0.2, 0) is 80.8 Å². The molecule has 0 radical (unpaired) electrons. The SMILES string of the molecule is CC(=O)N[C@H]1[C@H](OC[C@@H](O)[C@H](O)[C@H](O[C@@H]2O[C@H](CO)[C@H](O)[C@H](O[C@@H]3O[C@H](CO)[C@@H](O)[C@H](O[C@@H]4O[C@H](CO)[C@H](O)[C@H](O)[C@H]4O)[C@H]3NC(C)=O)[C@H]2O)[C@H](CO)NC(C)=O)O[C@H](CO)[C@@H](O[C@@H]2O[C@H](CO)[C@H](O)[C@H](O[C@]3(C(=O)O)C[C@H](O)[C@@H](NC(C)=O)[C@H]([C@H](O)[C@H](O)CO)O3)[C@H]2O)[C@@H]1O. The Kier molecular flexibility index (Phi) is 30.0. The molecule has 0 aromatic carbocycles. The number of nitrogens with one attached hydrogen (secondary N) is 4. The van der Waals surface area contributed by atoms with E-state index in [9.17, 15) is 136 Å². The van der Waals surface area contributed by atoms with Gasteiger partial charge in [0.1, 0.15) is 159 Å². The molecule has 0 saturated carbocycles. The van der Waals surface area contributed by atoms with Crippen molar-refractivity contribution in [1.29, 1.82) is 0 Å². The van der Waals surface area contributed by atoms with Gasteiger partial charge in [0.05, 0.1) is 71.0 Å². The largest absolute Gasteiger partial charge is 0.477 e. The van der Waals surface area contributed by atoms with Crippen molar-refractivity contribution < 1.29 is 193 Å². The number of carbonyl (C=O) groups excluding carboxylic acids is 4. The predicted octanol–water partition coefficient (Wildman–Crippen LogP) is -16.9. The molecule has 0 unspecified atom stereocenters. The molecule has 4 amide bonds. The van der Waals surface area contributed by atoms with E-state index in [2.05, 4.69) is 21.3 Å². The summed E-state index contributed by atoms with van der Waals surface area (Å²) in [6, 6.07) is -7.18. The third kappa shape index (κ3) is 18.6. The maximum atomic E-state index is 13.1. The van der Waals surface area contributed by atoms with Gasteiger partial charge in [0.15, 0.2) is 31.5 Å². The number of carbonyl (C=O) groups is 5. The summed E-state index contributed by atoms with van der Waals surface area (Å²) in [6.45, 7) is -5.08. The molecule has 0 spiro atoms. The van der Waals surface area contributed by atoms with Crippen LogP contribution in [0.2, 0.25) is 0 Å². The minimum Gasteiger partial charge on any atom is -0.477 e. The topological polar surface area (TPSA) is 689 Å². The predicted molar refractivity (Wildman–Crippen MR) is 298 cm³/mol. The summed E-state index contributed by atoms with van der Waals surface area (Å²) in [7, 11) is 0. The molecule has 35 atom stereocenters. The highest BCUT2D eigenvalue weighted by Gasteiger charge is 2.61. The molecule has 556 valence electrons. The summed E-state index contributed by atoms with van der Waals surface area (Å²) in [4.78, 5) is 63.1. The van der Waals surface area contributed by atoms with Crippen molar-refractivity contribution >= 4 is 29.6 Å². The van der Waals surface area contributed by atoms with E-state index in [4.69, 9.17) is 56.8 Å². The van der Waals surface area contributed by atoms with Gasteiger partial charge in [-0.1, -0.05) is 0 Å².